The van der Waals surface area contributed by atoms with Crippen LogP contribution in [0.2, 0.25) is 0 Å². The van der Waals surface area contributed by atoms with Crippen LogP contribution in [-0.4, -0.2) is 25.0 Å². The Labute approximate surface area is 220 Å². The van der Waals surface area contributed by atoms with Crippen molar-refractivity contribution in [3.8, 4) is 11.3 Å². The summed E-state index contributed by atoms with van der Waals surface area (Å²) in [5.41, 5.74) is 7.44. The average Bonchev–Trinajstić information content (AvgIpc) is 3.32. The number of anilines is 4. The first-order valence-corrected chi connectivity index (χ1v) is 12.4. The van der Waals surface area contributed by atoms with E-state index in [1.165, 1.54) is 0 Å². The molecular weight excluding hydrogens is 472 g/mol. The molecule has 4 aromatic carbocycles. The van der Waals surface area contributed by atoms with Crippen molar-refractivity contribution in [3.63, 3.8) is 0 Å². The lowest BCUT2D eigenvalue weighted by Crippen LogP contribution is -2.14. The molecule has 6 heteroatoms. The van der Waals surface area contributed by atoms with Gasteiger partial charge in [0.15, 0.2) is 0 Å². The zero-order valence-corrected chi connectivity index (χ0v) is 21.1. The molecule has 0 aliphatic heterocycles. The molecule has 0 unspecified atom stereocenters. The topological polar surface area (TPSA) is 70.4 Å². The highest BCUT2D eigenvalue weighted by Gasteiger charge is 2.13. The molecule has 6 nitrogen and oxygen atoms in total. The van der Waals surface area contributed by atoms with Crippen LogP contribution in [0.5, 0.6) is 0 Å². The third kappa shape index (κ3) is 4.55. The molecule has 6 aromatic rings. The standard InChI is InChI=1S/C32H26N4O2/c1-36(2)25-11-5-8-21(18-25)32(37)35-23-10-6-9-22(19-23)34-24-16-17-33-29(20-24)28-14-7-13-27-26-12-3-4-15-30(26)38-31(27)28/h3-20H,1-2H3,(H,33,34)(H,35,37). The van der Waals surface area contributed by atoms with Crippen LogP contribution in [0.15, 0.2) is 114 Å². The number of carbonyl (C=O) groups is 1. The van der Waals surface area contributed by atoms with E-state index in [-0.39, 0.29) is 5.91 Å². The molecule has 0 spiro atoms. The maximum atomic E-state index is 12.9. The van der Waals surface area contributed by atoms with Crippen LogP contribution < -0.4 is 15.5 Å². The first-order valence-electron chi connectivity index (χ1n) is 12.4. The average molecular weight is 499 g/mol. The smallest absolute Gasteiger partial charge is 0.255 e. The van der Waals surface area contributed by atoms with Crippen molar-refractivity contribution in [3.05, 3.63) is 115 Å². The van der Waals surface area contributed by atoms with Crippen LogP contribution >= 0.6 is 0 Å². The number of para-hydroxylation sites is 2. The number of nitrogens with zero attached hydrogens (tertiary/aromatic N) is 2. The molecule has 186 valence electrons. The van der Waals surface area contributed by atoms with Crippen molar-refractivity contribution in [2.24, 2.45) is 0 Å². The van der Waals surface area contributed by atoms with Crippen LogP contribution in [-0.2, 0) is 0 Å². The van der Waals surface area contributed by atoms with Crippen molar-refractivity contribution < 1.29 is 9.21 Å². The molecule has 0 saturated carbocycles. The predicted octanol–water partition coefficient (Wildman–Crippen LogP) is 7.71. The van der Waals surface area contributed by atoms with Gasteiger partial charge in [-0.25, -0.2) is 0 Å². The molecule has 0 aliphatic carbocycles. The van der Waals surface area contributed by atoms with Crippen LogP contribution in [0.4, 0.5) is 22.7 Å². The highest BCUT2D eigenvalue weighted by Crippen LogP contribution is 2.35. The zero-order chi connectivity index (χ0) is 26.1. The number of benzene rings is 4. The van der Waals surface area contributed by atoms with E-state index in [1.54, 1.807) is 6.20 Å². The minimum Gasteiger partial charge on any atom is -0.455 e. The van der Waals surface area contributed by atoms with Gasteiger partial charge in [-0.1, -0.05) is 42.5 Å². The SMILES string of the molecule is CN(C)c1cccc(C(=O)Nc2cccc(Nc3ccnc(-c4cccc5c4oc4ccccc45)c3)c2)c1. The molecule has 2 heterocycles. The molecule has 0 aliphatic rings. The number of aromatic nitrogens is 1. The zero-order valence-electron chi connectivity index (χ0n) is 21.1. The fraction of sp³-hybridized carbons (Fsp3) is 0.0625. The van der Waals surface area contributed by atoms with E-state index in [0.29, 0.717) is 11.3 Å². The maximum Gasteiger partial charge on any atom is 0.255 e. The van der Waals surface area contributed by atoms with E-state index in [0.717, 1.165) is 50.3 Å². The maximum absolute atomic E-state index is 12.9. The fourth-order valence-electron chi connectivity index (χ4n) is 4.57. The monoisotopic (exact) mass is 498 g/mol. The van der Waals surface area contributed by atoms with E-state index < -0.39 is 0 Å². The normalized spacial score (nSPS) is 11.0. The number of rotatable bonds is 6. The highest BCUT2D eigenvalue weighted by molar-refractivity contribution is 6.09. The van der Waals surface area contributed by atoms with Gasteiger partial charge < -0.3 is 20.0 Å². The van der Waals surface area contributed by atoms with Crippen molar-refractivity contribution in [1.29, 1.82) is 0 Å². The second-order valence-corrected chi connectivity index (χ2v) is 9.31. The molecule has 6 rings (SSSR count). The van der Waals surface area contributed by atoms with Gasteiger partial charge in [-0.15, -0.1) is 0 Å². The second kappa shape index (κ2) is 9.75. The Morgan fingerprint density at radius 2 is 1.53 bits per heavy atom. The molecule has 0 fully saturated rings. The minimum absolute atomic E-state index is 0.157. The summed E-state index contributed by atoms with van der Waals surface area (Å²) in [6, 6.07) is 33.3. The third-order valence-corrected chi connectivity index (χ3v) is 6.47. The Morgan fingerprint density at radius 1 is 0.763 bits per heavy atom. The molecular formula is C32H26N4O2. The molecule has 0 saturated heterocycles. The lowest BCUT2D eigenvalue weighted by molar-refractivity contribution is 0.102. The van der Waals surface area contributed by atoms with Gasteiger partial charge in [0.2, 0.25) is 0 Å². The quantitative estimate of drug-likeness (QED) is 0.246. The summed E-state index contributed by atoms with van der Waals surface area (Å²) in [6.07, 6.45) is 1.78. The number of carbonyl (C=O) groups excluding carboxylic acids is 1. The highest BCUT2D eigenvalue weighted by atomic mass is 16.3. The molecule has 1 amide bonds. The van der Waals surface area contributed by atoms with Crippen molar-refractivity contribution >= 4 is 50.6 Å². The molecule has 0 bridgehead atoms. The van der Waals surface area contributed by atoms with Gasteiger partial charge in [0.1, 0.15) is 11.2 Å². The molecule has 38 heavy (non-hydrogen) atoms. The summed E-state index contributed by atoms with van der Waals surface area (Å²) in [6.45, 7) is 0. The summed E-state index contributed by atoms with van der Waals surface area (Å²) in [5.74, 6) is -0.157. The molecule has 0 radical (unpaired) electrons. The number of hydrogen-bond donors (Lipinski definition) is 2. The van der Waals surface area contributed by atoms with Crippen LogP contribution in [0, 0.1) is 0 Å². The largest absolute Gasteiger partial charge is 0.455 e. The van der Waals surface area contributed by atoms with Gasteiger partial charge in [-0.05, 0) is 60.7 Å². The van der Waals surface area contributed by atoms with E-state index in [4.69, 9.17) is 4.42 Å². The van der Waals surface area contributed by atoms with E-state index in [1.807, 2.05) is 110 Å². The van der Waals surface area contributed by atoms with Crippen molar-refractivity contribution in [2.45, 2.75) is 0 Å². The van der Waals surface area contributed by atoms with Crippen LogP contribution in [0.25, 0.3) is 33.2 Å². The Morgan fingerprint density at radius 3 is 2.42 bits per heavy atom. The number of nitrogens with one attached hydrogen (secondary N) is 2. The van der Waals surface area contributed by atoms with Crippen molar-refractivity contribution in [2.75, 3.05) is 29.6 Å². The lowest BCUT2D eigenvalue weighted by atomic mass is 10.1. The van der Waals surface area contributed by atoms with Crippen molar-refractivity contribution in [1.82, 2.24) is 4.98 Å². The van der Waals surface area contributed by atoms with Gasteiger partial charge in [0, 0.05) is 64.9 Å². The van der Waals surface area contributed by atoms with Gasteiger partial charge in [0.05, 0.1) is 5.69 Å². The summed E-state index contributed by atoms with van der Waals surface area (Å²) >= 11 is 0. The fourth-order valence-corrected chi connectivity index (χ4v) is 4.57. The molecule has 2 aromatic heterocycles. The van der Waals surface area contributed by atoms with Gasteiger partial charge in [0.25, 0.3) is 5.91 Å². The van der Waals surface area contributed by atoms with Crippen LogP contribution in [0.1, 0.15) is 10.4 Å². The molecule has 0 atom stereocenters. The number of pyridine rings is 1. The first-order chi connectivity index (χ1) is 18.5. The minimum atomic E-state index is -0.157. The Bertz CT molecular complexity index is 1790. The first kappa shape index (κ1) is 23.3. The molecule has 2 N–H and O–H groups in total. The summed E-state index contributed by atoms with van der Waals surface area (Å²) in [4.78, 5) is 19.5. The summed E-state index contributed by atoms with van der Waals surface area (Å²) < 4.78 is 6.20. The van der Waals surface area contributed by atoms with Gasteiger partial charge >= 0.3 is 0 Å². The van der Waals surface area contributed by atoms with Gasteiger partial charge in [-0.3, -0.25) is 9.78 Å². The number of hydrogen-bond acceptors (Lipinski definition) is 5. The summed E-state index contributed by atoms with van der Waals surface area (Å²) in [7, 11) is 3.90. The number of amides is 1. The predicted molar refractivity (Wildman–Crippen MR) is 155 cm³/mol. The number of fused-ring (bicyclic) bond motifs is 3. The summed E-state index contributed by atoms with van der Waals surface area (Å²) in [5, 5.41) is 8.59. The lowest BCUT2D eigenvalue weighted by Gasteiger charge is -2.14. The Kier molecular flexibility index (Phi) is 5.98. The van der Waals surface area contributed by atoms with E-state index in [2.05, 4.69) is 27.8 Å². The van der Waals surface area contributed by atoms with Gasteiger partial charge in [-0.2, -0.15) is 0 Å². The Balaban J connectivity index is 1.25. The third-order valence-electron chi connectivity index (χ3n) is 6.47. The Hall–Kier alpha value is -5.10. The number of furan rings is 1. The van der Waals surface area contributed by atoms with Crippen LogP contribution in [0.3, 0.4) is 0 Å². The van der Waals surface area contributed by atoms with E-state index >= 15 is 0 Å². The van der Waals surface area contributed by atoms with E-state index in [9.17, 15) is 4.79 Å². The second-order valence-electron chi connectivity index (χ2n) is 9.31.